The molecular weight excluding hydrogens is 240 g/mol. The van der Waals surface area contributed by atoms with Crippen LogP contribution in [-0.2, 0) is 0 Å². The molecular formula is C15H22N2O2. The van der Waals surface area contributed by atoms with E-state index in [1.54, 1.807) is 6.07 Å². The van der Waals surface area contributed by atoms with Gasteiger partial charge in [-0.25, -0.2) is 4.98 Å². The van der Waals surface area contributed by atoms with Crippen LogP contribution in [0.25, 0.3) is 0 Å². The van der Waals surface area contributed by atoms with Gasteiger partial charge in [-0.1, -0.05) is 25.3 Å². The van der Waals surface area contributed by atoms with Crippen LogP contribution in [0.2, 0.25) is 0 Å². The molecule has 0 bridgehead atoms. The quantitative estimate of drug-likeness (QED) is 0.820. The van der Waals surface area contributed by atoms with Gasteiger partial charge in [0, 0.05) is 24.3 Å². The molecule has 1 amide bonds. The number of aromatic nitrogens is 1. The van der Waals surface area contributed by atoms with Gasteiger partial charge >= 0.3 is 0 Å². The molecule has 1 fully saturated rings. The largest absolute Gasteiger partial charge is 0.396 e. The van der Waals surface area contributed by atoms with E-state index >= 15 is 0 Å². The first-order valence-corrected chi connectivity index (χ1v) is 7.06. The Hall–Kier alpha value is -1.42. The molecule has 104 valence electrons. The lowest BCUT2D eigenvalue weighted by molar-refractivity contribution is 0.0894. The van der Waals surface area contributed by atoms with E-state index in [1.165, 1.54) is 6.42 Å². The molecule has 4 nitrogen and oxygen atoms in total. The Morgan fingerprint density at radius 1 is 1.37 bits per heavy atom. The molecule has 1 aromatic heterocycles. The van der Waals surface area contributed by atoms with Crippen LogP contribution < -0.4 is 5.32 Å². The maximum Gasteiger partial charge on any atom is 0.270 e. The van der Waals surface area contributed by atoms with E-state index in [1.807, 2.05) is 19.1 Å². The summed E-state index contributed by atoms with van der Waals surface area (Å²) in [5, 5.41) is 12.5. The zero-order valence-corrected chi connectivity index (χ0v) is 11.4. The van der Waals surface area contributed by atoms with Gasteiger partial charge in [0.05, 0.1) is 0 Å². The van der Waals surface area contributed by atoms with Crippen molar-refractivity contribution in [2.45, 2.75) is 45.1 Å². The second-order valence-electron chi connectivity index (χ2n) is 5.32. The van der Waals surface area contributed by atoms with Crippen molar-refractivity contribution in [3.63, 3.8) is 0 Å². The number of carbonyl (C=O) groups excluding carboxylic acids is 1. The molecule has 1 aromatic rings. The number of aliphatic hydroxyl groups excluding tert-OH is 1. The molecule has 19 heavy (non-hydrogen) atoms. The molecule has 0 aliphatic heterocycles. The van der Waals surface area contributed by atoms with Crippen LogP contribution in [0.3, 0.4) is 0 Å². The average Bonchev–Trinajstić information content (AvgIpc) is 2.63. The molecule has 4 heteroatoms. The molecule has 2 N–H and O–H groups in total. The summed E-state index contributed by atoms with van der Waals surface area (Å²) < 4.78 is 0. The van der Waals surface area contributed by atoms with Gasteiger partial charge in [-0.2, -0.15) is 0 Å². The number of pyridine rings is 1. The minimum absolute atomic E-state index is 0.0716. The fourth-order valence-corrected chi connectivity index (χ4v) is 2.70. The van der Waals surface area contributed by atoms with E-state index in [4.69, 9.17) is 0 Å². The molecule has 1 aliphatic carbocycles. The first-order valence-electron chi connectivity index (χ1n) is 7.06. The van der Waals surface area contributed by atoms with Gasteiger partial charge in [-0.05, 0) is 31.9 Å². The maximum atomic E-state index is 12.2. The van der Waals surface area contributed by atoms with E-state index in [-0.39, 0.29) is 24.5 Å². The minimum Gasteiger partial charge on any atom is -0.396 e. The summed E-state index contributed by atoms with van der Waals surface area (Å²) in [5.74, 6) is 0.0466. The Labute approximate surface area is 114 Å². The van der Waals surface area contributed by atoms with Crippen LogP contribution >= 0.6 is 0 Å². The monoisotopic (exact) mass is 262 g/mol. The SMILES string of the molecule is Cc1cccc(C(=O)NC2CCCCCC2CO)n1. The summed E-state index contributed by atoms with van der Waals surface area (Å²) in [6.45, 7) is 2.02. The molecule has 2 atom stereocenters. The number of hydrogen-bond acceptors (Lipinski definition) is 3. The highest BCUT2D eigenvalue weighted by atomic mass is 16.3. The predicted molar refractivity (Wildman–Crippen MR) is 73.9 cm³/mol. The predicted octanol–water partition coefficient (Wildman–Crippen LogP) is 2.06. The second-order valence-corrected chi connectivity index (χ2v) is 5.32. The lowest BCUT2D eigenvalue weighted by Gasteiger charge is -2.24. The highest BCUT2D eigenvalue weighted by Crippen LogP contribution is 2.23. The number of rotatable bonds is 3. The Morgan fingerprint density at radius 2 is 2.16 bits per heavy atom. The summed E-state index contributed by atoms with van der Waals surface area (Å²) in [6, 6.07) is 5.52. The maximum absolute atomic E-state index is 12.2. The zero-order valence-electron chi connectivity index (χ0n) is 11.4. The first kappa shape index (κ1) is 14.0. The van der Waals surface area contributed by atoms with Crippen molar-refractivity contribution in [3.05, 3.63) is 29.6 Å². The topological polar surface area (TPSA) is 62.2 Å². The van der Waals surface area contributed by atoms with Crippen molar-refractivity contribution in [1.82, 2.24) is 10.3 Å². The van der Waals surface area contributed by atoms with E-state index in [2.05, 4.69) is 10.3 Å². The van der Waals surface area contributed by atoms with Crippen LogP contribution in [0.15, 0.2) is 18.2 Å². The third-order valence-electron chi connectivity index (χ3n) is 3.83. The van der Waals surface area contributed by atoms with Crippen molar-refractivity contribution >= 4 is 5.91 Å². The number of carbonyl (C=O) groups is 1. The Kier molecular flexibility index (Phi) is 4.91. The molecule has 2 unspecified atom stereocenters. The Balaban J connectivity index is 2.04. The summed E-state index contributed by atoms with van der Waals surface area (Å²) in [5.41, 5.74) is 1.30. The fourth-order valence-electron chi connectivity index (χ4n) is 2.70. The highest BCUT2D eigenvalue weighted by Gasteiger charge is 2.25. The molecule has 0 spiro atoms. The molecule has 1 aliphatic rings. The third kappa shape index (κ3) is 3.77. The first-order chi connectivity index (χ1) is 9.20. The van der Waals surface area contributed by atoms with Crippen LogP contribution in [-0.4, -0.2) is 28.6 Å². The minimum atomic E-state index is -0.131. The van der Waals surface area contributed by atoms with E-state index in [0.29, 0.717) is 5.69 Å². The summed E-state index contributed by atoms with van der Waals surface area (Å²) in [7, 11) is 0. The van der Waals surface area contributed by atoms with Crippen molar-refractivity contribution in [2.75, 3.05) is 6.61 Å². The summed E-state index contributed by atoms with van der Waals surface area (Å²) in [4.78, 5) is 16.4. The van der Waals surface area contributed by atoms with Gasteiger partial charge < -0.3 is 10.4 Å². The van der Waals surface area contributed by atoms with E-state index < -0.39 is 0 Å². The van der Waals surface area contributed by atoms with Crippen LogP contribution in [0.5, 0.6) is 0 Å². The molecule has 0 saturated heterocycles. The molecule has 0 aromatic carbocycles. The second kappa shape index (κ2) is 6.66. The van der Waals surface area contributed by atoms with Gasteiger partial charge in [-0.15, -0.1) is 0 Å². The van der Waals surface area contributed by atoms with Gasteiger partial charge in [0.15, 0.2) is 0 Å². The number of amides is 1. The zero-order chi connectivity index (χ0) is 13.7. The smallest absolute Gasteiger partial charge is 0.270 e. The molecule has 1 saturated carbocycles. The average molecular weight is 262 g/mol. The van der Waals surface area contributed by atoms with Crippen LogP contribution in [0.4, 0.5) is 0 Å². The molecule has 0 radical (unpaired) electrons. The number of aryl methyl sites for hydroxylation is 1. The number of nitrogens with one attached hydrogen (secondary N) is 1. The van der Waals surface area contributed by atoms with Gasteiger partial charge in [0.1, 0.15) is 5.69 Å². The lowest BCUT2D eigenvalue weighted by atomic mass is 9.95. The Morgan fingerprint density at radius 3 is 2.89 bits per heavy atom. The summed E-state index contributed by atoms with van der Waals surface area (Å²) >= 11 is 0. The number of hydrogen-bond donors (Lipinski definition) is 2. The molecule has 1 heterocycles. The van der Waals surface area contributed by atoms with E-state index in [0.717, 1.165) is 31.4 Å². The van der Waals surface area contributed by atoms with E-state index in [9.17, 15) is 9.90 Å². The lowest BCUT2D eigenvalue weighted by Crippen LogP contribution is -2.41. The van der Waals surface area contributed by atoms with Gasteiger partial charge in [0.2, 0.25) is 0 Å². The fraction of sp³-hybridized carbons (Fsp3) is 0.600. The normalized spacial score (nSPS) is 23.7. The third-order valence-corrected chi connectivity index (χ3v) is 3.83. The van der Waals surface area contributed by atoms with Crippen molar-refractivity contribution < 1.29 is 9.90 Å². The highest BCUT2D eigenvalue weighted by molar-refractivity contribution is 5.92. The van der Waals surface area contributed by atoms with Crippen molar-refractivity contribution in [3.8, 4) is 0 Å². The van der Waals surface area contributed by atoms with Crippen molar-refractivity contribution in [2.24, 2.45) is 5.92 Å². The Bertz CT molecular complexity index is 434. The number of aliphatic hydroxyl groups is 1. The summed E-state index contributed by atoms with van der Waals surface area (Å²) in [6.07, 6.45) is 5.38. The van der Waals surface area contributed by atoms with Crippen LogP contribution in [0, 0.1) is 12.8 Å². The van der Waals surface area contributed by atoms with Crippen molar-refractivity contribution in [1.29, 1.82) is 0 Å². The number of nitrogens with zero attached hydrogens (tertiary/aromatic N) is 1. The van der Waals surface area contributed by atoms with Gasteiger partial charge in [-0.3, -0.25) is 4.79 Å². The standard InChI is InChI=1S/C15H22N2O2/c1-11-6-5-9-14(16-11)15(19)17-13-8-4-2-3-7-12(13)10-18/h5-6,9,12-13,18H,2-4,7-8,10H2,1H3,(H,17,19). The van der Waals surface area contributed by atoms with Gasteiger partial charge in [0.25, 0.3) is 5.91 Å². The molecule has 2 rings (SSSR count). The van der Waals surface area contributed by atoms with Crippen LogP contribution in [0.1, 0.15) is 48.3 Å².